The van der Waals surface area contributed by atoms with Crippen molar-refractivity contribution in [3.63, 3.8) is 0 Å². The highest BCUT2D eigenvalue weighted by molar-refractivity contribution is 5.56. The van der Waals surface area contributed by atoms with Gasteiger partial charge < -0.3 is 14.6 Å². The van der Waals surface area contributed by atoms with Crippen LogP contribution in [0.4, 0.5) is 5.82 Å². The van der Waals surface area contributed by atoms with Crippen LogP contribution in [0.5, 0.6) is 0 Å². The Morgan fingerprint density at radius 3 is 2.65 bits per heavy atom. The highest BCUT2D eigenvalue weighted by Crippen LogP contribution is 2.29. The molecule has 2 heterocycles. The van der Waals surface area contributed by atoms with E-state index in [9.17, 15) is 0 Å². The molecular weight excluding hydrogens is 248 g/mol. The van der Waals surface area contributed by atoms with Gasteiger partial charge >= 0.3 is 0 Å². The largest absolute Gasteiger partial charge is 0.355 e. The molecular formula is C16H26N4. The Kier molecular flexibility index (Phi) is 4.04. The standard InChI is InChI=1S/C16H26N4/c1-12(16(2,3)4)19(6)15-13(11-17-5)20-10-8-7-9-14(20)18-15/h7-10,12,17H,11H2,1-6H3. The number of hydrogen-bond acceptors (Lipinski definition) is 3. The fourth-order valence-electron chi connectivity index (χ4n) is 2.41. The molecule has 110 valence electrons. The summed E-state index contributed by atoms with van der Waals surface area (Å²) in [4.78, 5) is 7.11. The average molecular weight is 274 g/mol. The molecule has 0 aromatic carbocycles. The van der Waals surface area contributed by atoms with Gasteiger partial charge in [-0.25, -0.2) is 4.98 Å². The van der Waals surface area contributed by atoms with E-state index in [0.717, 1.165) is 18.0 Å². The number of nitrogens with one attached hydrogen (secondary N) is 1. The maximum atomic E-state index is 4.81. The van der Waals surface area contributed by atoms with Gasteiger partial charge in [-0.05, 0) is 31.5 Å². The van der Waals surface area contributed by atoms with Crippen molar-refractivity contribution in [2.45, 2.75) is 40.3 Å². The second-order valence-electron chi connectivity index (χ2n) is 6.49. The van der Waals surface area contributed by atoms with Crippen LogP contribution in [0.2, 0.25) is 0 Å². The maximum absolute atomic E-state index is 4.81. The Morgan fingerprint density at radius 1 is 1.35 bits per heavy atom. The van der Waals surface area contributed by atoms with Crippen molar-refractivity contribution in [1.82, 2.24) is 14.7 Å². The number of nitrogens with zero attached hydrogens (tertiary/aromatic N) is 3. The van der Waals surface area contributed by atoms with Gasteiger partial charge in [0.1, 0.15) is 5.65 Å². The molecule has 0 fully saturated rings. The number of hydrogen-bond donors (Lipinski definition) is 1. The molecule has 1 N–H and O–H groups in total. The molecule has 0 saturated heterocycles. The van der Waals surface area contributed by atoms with E-state index >= 15 is 0 Å². The van der Waals surface area contributed by atoms with Crippen LogP contribution in [-0.4, -0.2) is 29.5 Å². The summed E-state index contributed by atoms with van der Waals surface area (Å²) in [6, 6.07) is 6.54. The summed E-state index contributed by atoms with van der Waals surface area (Å²) in [5.74, 6) is 1.06. The first kappa shape index (κ1) is 14.9. The molecule has 4 heteroatoms. The second kappa shape index (κ2) is 5.44. The van der Waals surface area contributed by atoms with Crippen molar-refractivity contribution in [1.29, 1.82) is 0 Å². The van der Waals surface area contributed by atoms with E-state index in [1.807, 2.05) is 19.2 Å². The Morgan fingerprint density at radius 2 is 2.05 bits per heavy atom. The molecule has 2 rings (SSSR count). The third kappa shape index (κ3) is 2.66. The number of fused-ring (bicyclic) bond motifs is 1. The van der Waals surface area contributed by atoms with Crippen molar-refractivity contribution in [3.05, 3.63) is 30.1 Å². The highest BCUT2D eigenvalue weighted by Gasteiger charge is 2.27. The first-order chi connectivity index (χ1) is 9.36. The molecule has 0 aliphatic heterocycles. The zero-order chi connectivity index (χ0) is 14.9. The SMILES string of the molecule is CNCc1c(N(C)C(C)C(C)(C)C)nc2ccccn12. The van der Waals surface area contributed by atoms with Crippen LogP contribution in [0.25, 0.3) is 5.65 Å². The van der Waals surface area contributed by atoms with Crippen LogP contribution in [0.15, 0.2) is 24.4 Å². The van der Waals surface area contributed by atoms with E-state index in [1.54, 1.807) is 0 Å². The van der Waals surface area contributed by atoms with E-state index in [0.29, 0.717) is 6.04 Å². The van der Waals surface area contributed by atoms with Crippen LogP contribution in [0, 0.1) is 5.41 Å². The van der Waals surface area contributed by atoms with Gasteiger partial charge in [0.05, 0.1) is 5.69 Å². The average Bonchev–Trinajstić information content (AvgIpc) is 2.76. The number of imidazole rings is 1. The smallest absolute Gasteiger partial charge is 0.152 e. The Hall–Kier alpha value is -1.55. The summed E-state index contributed by atoms with van der Waals surface area (Å²) < 4.78 is 2.16. The van der Waals surface area contributed by atoms with Gasteiger partial charge in [0.15, 0.2) is 5.82 Å². The van der Waals surface area contributed by atoms with E-state index in [4.69, 9.17) is 4.98 Å². The number of aromatic nitrogens is 2. The summed E-state index contributed by atoms with van der Waals surface area (Å²) in [6.45, 7) is 9.86. The Labute approximate surface area is 121 Å². The molecule has 0 bridgehead atoms. The third-order valence-corrected chi connectivity index (χ3v) is 4.12. The Balaban J connectivity index is 2.50. The van der Waals surface area contributed by atoms with Gasteiger partial charge in [0.2, 0.25) is 0 Å². The number of anilines is 1. The van der Waals surface area contributed by atoms with E-state index in [-0.39, 0.29) is 5.41 Å². The van der Waals surface area contributed by atoms with Crippen LogP contribution < -0.4 is 10.2 Å². The molecule has 0 aliphatic rings. The quantitative estimate of drug-likeness (QED) is 0.930. The molecule has 1 atom stereocenters. The van der Waals surface area contributed by atoms with Crippen molar-refractivity contribution in [3.8, 4) is 0 Å². The highest BCUT2D eigenvalue weighted by atomic mass is 15.2. The van der Waals surface area contributed by atoms with Gasteiger partial charge in [0.25, 0.3) is 0 Å². The zero-order valence-electron chi connectivity index (χ0n) is 13.4. The summed E-state index contributed by atoms with van der Waals surface area (Å²) in [7, 11) is 4.11. The lowest BCUT2D eigenvalue weighted by Gasteiger charge is -2.36. The van der Waals surface area contributed by atoms with E-state index < -0.39 is 0 Å². The lowest BCUT2D eigenvalue weighted by Crippen LogP contribution is -2.40. The third-order valence-electron chi connectivity index (χ3n) is 4.12. The van der Waals surface area contributed by atoms with Crippen molar-refractivity contribution in [2.75, 3.05) is 19.0 Å². The van der Waals surface area contributed by atoms with Crippen LogP contribution in [0.1, 0.15) is 33.4 Å². The molecule has 0 saturated carbocycles. The van der Waals surface area contributed by atoms with Gasteiger partial charge in [-0.2, -0.15) is 0 Å². The minimum atomic E-state index is 0.210. The first-order valence-corrected chi connectivity index (χ1v) is 7.19. The fourth-order valence-corrected chi connectivity index (χ4v) is 2.41. The zero-order valence-corrected chi connectivity index (χ0v) is 13.4. The molecule has 0 amide bonds. The predicted octanol–water partition coefficient (Wildman–Crippen LogP) is 2.92. The minimum Gasteiger partial charge on any atom is -0.355 e. The molecule has 0 spiro atoms. The summed E-state index contributed by atoms with van der Waals surface area (Å²) in [5, 5.41) is 3.25. The molecule has 4 nitrogen and oxygen atoms in total. The lowest BCUT2D eigenvalue weighted by atomic mass is 9.87. The normalized spacial score (nSPS) is 13.7. The van der Waals surface area contributed by atoms with E-state index in [1.165, 1.54) is 5.69 Å². The lowest BCUT2D eigenvalue weighted by molar-refractivity contribution is 0.328. The second-order valence-corrected chi connectivity index (χ2v) is 6.49. The summed E-state index contributed by atoms with van der Waals surface area (Å²) in [5.41, 5.74) is 2.42. The van der Waals surface area contributed by atoms with Crippen LogP contribution in [-0.2, 0) is 6.54 Å². The van der Waals surface area contributed by atoms with Crippen molar-refractivity contribution < 1.29 is 0 Å². The number of rotatable bonds is 4. The van der Waals surface area contributed by atoms with Crippen LogP contribution >= 0.6 is 0 Å². The summed E-state index contributed by atoms with van der Waals surface area (Å²) in [6.07, 6.45) is 2.08. The summed E-state index contributed by atoms with van der Waals surface area (Å²) >= 11 is 0. The van der Waals surface area contributed by atoms with E-state index in [2.05, 4.69) is 61.6 Å². The molecule has 0 aliphatic carbocycles. The minimum absolute atomic E-state index is 0.210. The molecule has 0 radical (unpaired) electrons. The van der Waals surface area contributed by atoms with Gasteiger partial charge in [0, 0.05) is 25.8 Å². The van der Waals surface area contributed by atoms with Gasteiger partial charge in [-0.1, -0.05) is 26.8 Å². The maximum Gasteiger partial charge on any atom is 0.152 e. The molecule has 2 aromatic rings. The molecule has 1 unspecified atom stereocenters. The van der Waals surface area contributed by atoms with Gasteiger partial charge in [-0.3, -0.25) is 0 Å². The monoisotopic (exact) mass is 274 g/mol. The molecule has 2 aromatic heterocycles. The van der Waals surface area contributed by atoms with Crippen molar-refractivity contribution in [2.24, 2.45) is 5.41 Å². The fraction of sp³-hybridized carbons (Fsp3) is 0.562. The first-order valence-electron chi connectivity index (χ1n) is 7.19. The van der Waals surface area contributed by atoms with Gasteiger partial charge in [-0.15, -0.1) is 0 Å². The number of pyridine rings is 1. The predicted molar refractivity (Wildman–Crippen MR) is 85.3 cm³/mol. The Bertz CT molecular complexity index is 580. The van der Waals surface area contributed by atoms with Crippen LogP contribution in [0.3, 0.4) is 0 Å². The molecule has 20 heavy (non-hydrogen) atoms. The van der Waals surface area contributed by atoms with Crippen molar-refractivity contribution >= 4 is 11.5 Å². The topological polar surface area (TPSA) is 32.6 Å².